The quantitative estimate of drug-likeness (QED) is 0.237. The Hall–Kier alpha value is -4.49. The van der Waals surface area contributed by atoms with Crippen LogP contribution in [0, 0.1) is 6.92 Å². The number of aryl methyl sites for hydroxylation is 1. The van der Waals surface area contributed by atoms with Crippen molar-refractivity contribution in [2.75, 3.05) is 28.4 Å². The van der Waals surface area contributed by atoms with Crippen LogP contribution in [0.15, 0.2) is 54.9 Å². The van der Waals surface area contributed by atoms with E-state index in [1.165, 1.54) is 21.3 Å². The second-order valence-electron chi connectivity index (χ2n) is 9.71. The highest BCUT2D eigenvalue weighted by Gasteiger charge is 2.35. The molecule has 0 radical (unpaired) electrons. The summed E-state index contributed by atoms with van der Waals surface area (Å²) < 4.78 is 51.7. The fraction of sp³-hybridized carbons (Fsp3) is 0.310. The maximum atomic E-state index is 13.9. The van der Waals surface area contributed by atoms with Crippen LogP contribution in [0.5, 0.6) is 17.2 Å². The lowest BCUT2D eigenvalue weighted by atomic mass is 10.2. The molecule has 42 heavy (non-hydrogen) atoms. The van der Waals surface area contributed by atoms with Crippen LogP contribution in [0.4, 0.5) is 0 Å². The first-order chi connectivity index (χ1) is 20.2. The molecular weight excluding hydrogens is 560 g/mol. The van der Waals surface area contributed by atoms with E-state index in [1.807, 2.05) is 31.2 Å². The number of ether oxygens (including phenoxy) is 4. The number of aromatic nitrogens is 6. The number of nitrogens with one attached hydrogen (secondary N) is 1. The molecule has 0 bridgehead atoms. The summed E-state index contributed by atoms with van der Waals surface area (Å²) >= 11 is 0. The Bertz CT molecular complexity index is 1790. The zero-order valence-electron chi connectivity index (χ0n) is 24.2. The molecule has 13 heteroatoms. The topological polar surface area (TPSA) is 143 Å². The molecule has 220 valence electrons. The maximum absolute atomic E-state index is 13.9. The number of fused-ring (bicyclic) bond motifs is 1. The van der Waals surface area contributed by atoms with Crippen molar-refractivity contribution in [3.05, 3.63) is 72.1 Å². The van der Waals surface area contributed by atoms with Gasteiger partial charge in [-0.15, -0.1) is 10.2 Å². The molecular formula is C29H32N6O6S. The van der Waals surface area contributed by atoms with Crippen molar-refractivity contribution in [3.63, 3.8) is 0 Å². The van der Waals surface area contributed by atoms with Crippen LogP contribution in [-0.4, -0.2) is 71.8 Å². The summed E-state index contributed by atoms with van der Waals surface area (Å²) in [7, 11) is 2.20. The fourth-order valence-electron chi connectivity index (χ4n) is 4.79. The maximum Gasteiger partial charge on any atom is 0.185 e. The standard InChI is InChI=1S/C29H32N6O6S/c1-17-14-30-28(31-15-17)27(41-6)18(2)42(36,37)16-25-33-34-29(22-13-19-12-20(38-3)10-11-21(19)32-22)35(25)26-23(39-4)8-7-9-24(26)40-5/h7-15,18,27,32H,16H2,1-6H3/t18-,27-/m0/s1. The van der Waals surface area contributed by atoms with Gasteiger partial charge in [0.05, 0.1) is 32.3 Å². The Morgan fingerprint density at radius 3 is 2.24 bits per heavy atom. The fourth-order valence-corrected chi connectivity index (χ4v) is 6.20. The lowest BCUT2D eigenvalue weighted by molar-refractivity contribution is 0.0947. The third-order valence-electron chi connectivity index (χ3n) is 7.06. The van der Waals surface area contributed by atoms with Crippen LogP contribution < -0.4 is 14.2 Å². The summed E-state index contributed by atoms with van der Waals surface area (Å²) in [4.78, 5) is 12.0. The van der Waals surface area contributed by atoms with E-state index in [1.54, 1.807) is 49.2 Å². The van der Waals surface area contributed by atoms with Crippen LogP contribution >= 0.6 is 0 Å². The second-order valence-corrected chi connectivity index (χ2v) is 12.1. The highest BCUT2D eigenvalue weighted by molar-refractivity contribution is 7.91. The summed E-state index contributed by atoms with van der Waals surface area (Å²) in [6.07, 6.45) is 2.36. The summed E-state index contributed by atoms with van der Waals surface area (Å²) in [5.74, 6) is 1.95. The summed E-state index contributed by atoms with van der Waals surface area (Å²) in [5.41, 5.74) is 2.77. The van der Waals surface area contributed by atoms with Crippen molar-refractivity contribution in [1.82, 2.24) is 29.7 Å². The van der Waals surface area contributed by atoms with Gasteiger partial charge in [-0.3, -0.25) is 4.57 Å². The number of sulfone groups is 1. The summed E-state index contributed by atoms with van der Waals surface area (Å²) in [6.45, 7) is 3.43. The van der Waals surface area contributed by atoms with E-state index in [0.717, 1.165) is 16.5 Å². The van der Waals surface area contributed by atoms with Crippen molar-refractivity contribution >= 4 is 20.7 Å². The van der Waals surface area contributed by atoms with Gasteiger partial charge in [0.25, 0.3) is 0 Å². The number of para-hydroxylation sites is 1. The average molecular weight is 593 g/mol. The average Bonchev–Trinajstić information content (AvgIpc) is 3.60. The van der Waals surface area contributed by atoms with Gasteiger partial charge in [0.2, 0.25) is 0 Å². The van der Waals surface area contributed by atoms with E-state index in [2.05, 4.69) is 25.1 Å². The monoisotopic (exact) mass is 592 g/mol. The number of benzene rings is 2. The first kappa shape index (κ1) is 29.0. The molecule has 5 rings (SSSR count). The minimum absolute atomic E-state index is 0.163. The highest BCUT2D eigenvalue weighted by atomic mass is 32.2. The number of hydrogen-bond acceptors (Lipinski definition) is 10. The second kappa shape index (κ2) is 11.8. The number of rotatable bonds is 11. The number of H-pyrrole nitrogens is 1. The number of hydrogen-bond donors (Lipinski definition) is 1. The van der Waals surface area contributed by atoms with Crippen molar-refractivity contribution in [2.45, 2.75) is 31.0 Å². The minimum Gasteiger partial charge on any atom is -0.497 e. The Balaban J connectivity index is 1.64. The molecule has 0 saturated heterocycles. The molecule has 0 amide bonds. The molecule has 3 heterocycles. The molecule has 12 nitrogen and oxygen atoms in total. The first-order valence-electron chi connectivity index (χ1n) is 13.1. The minimum atomic E-state index is -3.89. The largest absolute Gasteiger partial charge is 0.497 e. The van der Waals surface area contributed by atoms with E-state index in [-0.39, 0.29) is 11.6 Å². The van der Waals surface area contributed by atoms with Gasteiger partial charge in [-0.2, -0.15) is 0 Å². The number of aromatic amines is 1. The van der Waals surface area contributed by atoms with Gasteiger partial charge >= 0.3 is 0 Å². The molecule has 1 N–H and O–H groups in total. The van der Waals surface area contributed by atoms with Crippen molar-refractivity contribution in [3.8, 4) is 34.5 Å². The lowest BCUT2D eigenvalue weighted by Crippen LogP contribution is -2.30. The summed E-state index contributed by atoms with van der Waals surface area (Å²) in [5, 5.41) is 8.70. The van der Waals surface area contributed by atoms with Gasteiger partial charge in [-0.1, -0.05) is 6.07 Å². The molecule has 5 aromatic rings. The Morgan fingerprint density at radius 2 is 1.62 bits per heavy atom. The van der Waals surface area contributed by atoms with Crippen LogP contribution in [0.3, 0.4) is 0 Å². The third kappa shape index (κ3) is 5.40. The third-order valence-corrected chi connectivity index (χ3v) is 9.10. The Labute approximate surface area is 243 Å². The van der Waals surface area contributed by atoms with E-state index in [0.29, 0.717) is 34.5 Å². The van der Waals surface area contributed by atoms with Gasteiger partial charge < -0.3 is 23.9 Å². The van der Waals surface area contributed by atoms with Gasteiger partial charge in [0.15, 0.2) is 27.3 Å². The van der Waals surface area contributed by atoms with Crippen LogP contribution in [-0.2, 0) is 20.3 Å². The van der Waals surface area contributed by atoms with Crippen LogP contribution in [0.25, 0.3) is 28.1 Å². The van der Waals surface area contributed by atoms with Gasteiger partial charge in [-0.05, 0) is 55.8 Å². The van der Waals surface area contributed by atoms with Crippen molar-refractivity contribution < 1.29 is 27.4 Å². The van der Waals surface area contributed by atoms with Crippen molar-refractivity contribution in [1.29, 1.82) is 0 Å². The Kier molecular flexibility index (Phi) is 8.14. The first-order valence-corrected chi connectivity index (χ1v) is 14.8. The van der Waals surface area contributed by atoms with Gasteiger partial charge in [0.1, 0.15) is 34.8 Å². The van der Waals surface area contributed by atoms with Gasteiger partial charge in [-0.25, -0.2) is 18.4 Å². The molecule has 2 aromatic carbocycles. The molecule has 0 aliphatic carbocycles. The van der Waals surface area contributed by atoms with Crippen LogP contribution in [0.1, 0.15) is 30.2 Å². The Morgan fingerprint density at radius 1 is 0.929 bits per heavy atom. The molecule has 2 atom stereocenters. The van der Waals surface area contributed by atoms with E-state index in [9.17, 15) is 8.42 Å². The van der Waals surface area contributed by atoms with E-state index in [4.69, 9.17) is 18.9 Å². The SMILES string of the molecule is COc1ccc2[nH]c(-c3nnc(CS(=O)(=O)[C@@H](C)[C@H](OC)c4ncc(C)cn4)n3-c3c(OC)cccc3OC)cc2c1. The molecule has 0 saturated carbocycles. The molecule has 0 aliphatic rings. The number of methoxy groups -OCH3 is 4. The molecule has 0 fully saturated rings. The van der Waals surface area contributed by atoms with Crippen LogP contribution in [0.2, 0.25) is 0 Å². The molecule has 0 aliphatic heterocycles. The van der Waals surface area contributed by atoms with Crippen molar-refractivity contribution in [2.24, 2.45) is 0 Å². The van der Waals surface area contributed by atoms with E-state index < -0.39 is 26.9 Å². The zero-order chi connectivity index (χ0) is 30.0. The summed E-state index contributed by atoms with van der Waals surface area (Å²) in [6, 6.07) is 12.8. The molecule has 3 aromatic heterocycles. The van der Waals surface area contributed by atoms with Gasteiger partial charge in [0, 0.05) is 30.4 Å². The molecule has 0 unspecified atom stereocenters. The lowest BCUT2D eigenvalue weighted by Gasteiger charge is -2.22. The molecule has 0 spiro atoms. The normalized spacial score (nSPS) is 13.2. The predicted octanol–water partition coefficient (Wildman–Crippen LogP) is 4.23. The van der Waals surface area contributed by atoms with E-state index >= 15 is 0 Å². The number of nitrogens with zero attached hydrogens (tertiary/aromatic N) is 5. The predicted molar refractivity (Wildman–Crippen MR) is 157 cm³/mol. The zero-order valence-corrected chi connectivity index (χ0v) is 25.0. The smallest absolute Gasteiger partial charge is 0.185 e. The highest BCUT2D eigenvalue weighted by Crippen LogP contribution is 2.38.